The molecule has 0 bridgehead atoms. The molecule has 0 amide bonds. The molecule has 0 radical (unpaired) electrons. The average Bonchev–Trinajstić information content (AvgIpc) is 2.88. The maximum atomic E-state index is 13.3. The van der Waals surface area contributed by atoms with Gasteiger partial charge in [-0.05, 0) is 64.5 Å². The Labute approximate surface area is 237 Å². The van der Waals surface area contributed by atoms with Gasteiger partial charge in [-0.25, -0.2) is 27.3 Å². The monoisotopic (exact) mass is 660 g/mol. The van der Waals surface area contributed by atoms with Gasteiger partial charge in [0.1, 0.15) is 34.6 Å². The fourth-order valence-corrected chi connectivity index (χ4v) is 4.10. The highest BCUT2D eigenvalue weighted by Gasteiger charge is 2.18. The van der Waals surface area contributed by atoms with Gasteiger partial charge in [-0.15, -0.1) is 0 Å². The fraction of sp³-hybridized carbons (Fsp3) is 0.0357. The van der Waals surface area contributed by atoms with E-state index in [0.29, 0.717) is 22.1 Å². The molecule has 0 N–H and O–H groups in total. The van der Waals surface area contributed by atoms with Crippen LogP contribution in [0.5, 0.6) is 23.0 Å². The van der Waals surface area contributed by atoms with Crippen LogP contribution in [0.25, 0.3) is 9.69 Å². The lowest BCUT2D eigenvalue weighted by Crippen LogP contribution is -1.94. The Morgan fingerprint density at radius 1 is 0.744 bits per heavy atom. The van der Waals surface area contributed by atoms with Crippen LogP contribution < -0.4 is 9.47 Å². The summed E-state index contributed by atoms with van der Waals surface area (Å²) in [6.45, 7) is 13.7. The molecule has 11 heteroatoms. The van der Waals surface area contributed by atoms with Crippen LogP contribution in [0.15, 0.2) is 81.7 Å². The quantitative estimate of drug-likeness (QED) is 0.117. The van der Waals surface area contributed by atoms with Gasteiger partial charge in [0.2, 0.25) is 0 Å². The van der Waals surface area contributed by atoms with Crippen LogP contribution >= 0.6 is 31.9 Å². The maximum Gasteiger partial charge on any atom is 0.268 e. The number of ether oxygens (including phenoxy) is 2. The number of benzene rings is 4. The third-order valence-corrected chi connectivity index (χ3v) is 6.17. The van der Waals surface area contributed by atoms with Crippen molar-refractivity contribution >= 4 is 49.5 Å². The van der Waals surface area contributed by atoms with Crippen molar-refractivity contribution in [1.29, 1.82) is 0 Å². The number of nitrogens with zero attached hydrogens (tertiary/aromatic N) is 2. The molecule has 0 heterocycles. The SMILES string of the molecule is [C-]#[N+]c1cc(F)cc(Oc2cccc(Br)c2C(F)F)c1.[C-]#[N+]c1cc(F)cc(Oc2cccc(Br)c2C=O)c1. The second-order valence-electron chi connectivity index (χ2n) is 7.44. The molecule has 0 atom stereocenters. The van der Waals surface area contributed by atoms with Crippen molar-refractivity contribution in [3.63, 3.8) is 0 Å². The molecule has 4 rings (SSSR count). The van der Waals surface area contributed by atoms with Gasteiger partial charge < -0.3 is 9.47 Å². The molecule has 0 fully saturated rings. The number of halogens is 6. The second kappa shape index (κ2) is 13.6. The van der Waals surface area contributed by atoms with Gasteiger partial charge in [0.25, 0.3) is 6.43 Å². The first-order valence-corrected chi connectivity index (χ1v) is 12.3. The van der Waals surface area contributed by atoms with Crippen LogP contribution in [0, 0.1) is 24.8 Å². The van der Waals surface area contributed by atoms with Gasteiger partial charge in [-0.3, -0.25) is 4.79 Å². The Hall–Kier alpha value is -4.19. The molecular formula is C28H14Br2F4N2O3. The molecule has 0 aliphatic rings. The molecule has 39 heavy (non-hydrogen) atoms. The Balaban J connectivity index is 0.000000216. The minimum absolute atomic E-state index is 0.00370. The van der Waals surface area contributed by atoms with Gasteiger partial charge in [0, 0.05) is 21.1 Å². The summed E-state index contributed by atoms with van der Waals surface area (Å²) in [7, 11) is 0. The summed E-state index contributed by atoms with van der Waals surface area (Å²) in [5.41, 5.74) is 0.184. The topological polar surface area (TPSA) is 44.2 Å². The Bertz CT molecular complexity index is 1600. The van der Waals surface area contributed by atoms with Crippen LogP contribution in [0.2, 0.25) is 0 Å². The zero-order chi connectivity index (χ0) is 28.5. The van der Waals surface area contributed by atoms with Gasteiger partial charge in [-0.1, -0.05) is 28.1 Å². The number of carbonyl (C=O) groups is 1. The molecule has 196 valence electrons. The standard InChI is InChI=1S/C14H7BrF3NO.C14H7BrFNO2/c1-19-9-5-8(16)6-10(7-9)20-12-4-2-3-11(15)13(12)14(17)18;1-17-10-5-9(16)6-11(7-10)19-14-4-2-3-13(15)12(14)8-18/h2-7,14H;2-8H. The second-order valence-corrected chi connectivity index (χ2v) is 9.15. The fourth-order valence-electron chi connectivity index (χ4n) is 3.14. The van der Waals surface area contributed by atoms with Crippen molar-refractivity contribution in [2.75, 3.05) is 0 Å². The van der Waals surface area contributed by atoms with Crippen LogP contribution in [-0.4, -0.2) is 6.29 Å². The van der Waals surface area contributed by atoms with Crippen LogP contribution in [0.4, 0.5) is 28.9 Å². The van der Waals surface area contributed by atoms with Crippen molar-refractivity contribution in [2.24, 2.45) is 0 Å². The van der Waals surface area contributed by atoms with Gasteiger partial charge in [0.15, 0.2) is 17.7 Å². The molecule has 4 aromatic rings. The number of aldehydes is 1. The number of alkyl halides is 2. The van der Waals surface area contributed by atoms with E-state index < -0.39 is 18.1 Å². The summed E-state index contributed by atoms with van der Waals surface area (Å²) in [6, 6.07) is 16.4. The average molecular weight is 662 g/mol. The lowest BCUT2D eigenvalue weighted by atomic mass is 10.2. The van der Waals surface area contributed by atoms with E-state index >= 15 is 0 Å². The number of hydrogen-bond donors (Lipinski definition) is 0. The molecule has 0 aliphatic heterocycles. The van der Waals surface area contributed by atoms with E-state index in [2.05, 4.69) is 41.5 Å². The van der Waals surface area contributed by atoms with Crippen molar-refractivity contribution in [1.82, 2.24) is 0 Å². The Morgan fingerprint density at radius 3 is 1.72 bits per heavy atom. The van der Waals surface area contributed by atoms with Gasteiger partial charge in [-0.2, -0.15) is 0 Å². The first-order chi connectivity index (χ1) is 18.6. The lowest BCUT2D eigenvalue weighted by Gasteiger charge is -2.12. The number of rotatable bonds is 6. The summed E-state index contributed by atoms with van der Waals surface area (Å²) in [6.07, 6.45) is -2.09. The zero-order valence-electron chi connectivity index (χ0n) is 19.5. The van der Waals surface area contributed by atoms with Crippen LogP contribution in [0.3, 0.4) is 0 Å². The molecular weight excluding hydrogens is 648 g/mol. The van der Waals surface area contributed by atoms with E-state index in [-0.39, 0.29) is 38.7 Å². The largest absolute Gasteiger partial charge is 0.458 e. The minimum Gasteiger partial charge on any atom is -0.458 e. The maximum absolute atomic E-state index is 13.3. The summed E-state index contributed by atoms with van der Waals surface area (Å²) < 4.78 is 64.0. The van der Waals surface area contributed by atoms with E-state index in [1.807, 2.05) is 0 Å². The summed E-state index contributed by atoms with van der Waals surface area (Å²) in [5.74, 6) is -0.849. The van der Waals surface area contributed by atoms with Crippen LogP contribution in [0.1, 0.15) is 22.3 Å². The predicted octanol–water partition coefficient (Wildman–Crippen LogP) is 10.6. The number of carbonyl (C=O) groups excluding carboxylic acids is 1. The molecule has 4 aromatic carbocycles. The number of hydrogen-bond acceptors (Lipinski definition) is 3. The third kappa shape index (κ3) is 7.90. The van der Waals surface area contributed by atoms with Gasteiger partial charge >= 0.3 is 0 Å². The highest BCUT2D eigenvalue weighted by atomic mass is 79.9. The highest BCUT2D eigenvalue weighted by molar-refractivity contribution is 9.10. The first kappa shape index (κ1) is 29.4. The highest BCUT2D eigenvalue weighted by Crippen LogP contribution is 2.38. The smallest absolute Gasteiger partial charge is 0.268 e. The summed E-state index contributed by atoms with van der Waals surface area (Å²) in [5, 5.41) is 0. The van der Waals surface area contributed by atoms with Crippen molar-refractivity contribution in [2.45, 2.75) is 6.43 Å². The van der Waals surface area contributed by atoms with E-state index in [4.69, 9.17) is 22.6 Å². The van der Waals surface area contributed by atoms with Gasteiger partial charge in [0.05, 0.1) is 24.3 Å². The van der Waals surface area contributed by atoms with E-state index in [9.17, 15) is 22.4 Å². The molecule has 0 spiro atoms. The van der Waals surface area contributed by atoms with E-state index in [0.717, 1.165) is 24.3 Å². The van der Waals surface area contributed by atoms with Crippen molar-refractivity contribution < 1.29 is 31.8 Å². The molecule has 0 saturated carbocycles. The minimum atomic E-state index is -2.74. The molecule has 5 nitrogen and oxygen atoms in total. The summed E-state index contributed by atoms with van der Waals surface area (Å²) >= 11 is 6.25. The Morgan fingerprint density at radius 2 is 1.23 bits per heavy atom. The molecule has 0 aromatic heterocycles. The molecule has 0 saturated heterocycles. The zero-order valence-corrected chi connectivity index (χ0v) is 22.6. The molecule has 0 aliphatic carbocycles. The Kier molecular flexibility index (Phi) is 10.2. The predicted molar refractivity (Wildman–Crippen MR) is 144 cm³/mol. The summed E-state index contributed by atoms with van der Waals surface area (Å²) in [4.78, 5) is 17.2. The van der Waals surface area contributed by atoms with E-state index in [1.54, 1.807) is 18.2 Å². The first-order valence-electron chi connectivity index (χ1n) is 10.7. The third-order valence-electron chi connectivity index (χ3n) is 4.79. The van der Waals surface area contributed by atoms with Crippen molar-refractivity contribution in [3.05, 3.63) is 127 Å². The normalized spacial score (nSPS) is 10.1. The van der Waals surface area contributed by atoms with E-state index in [1.165, 1.54) is 30.3 Å². The molecule has 0 unspecified atom stereocenters. The van der Waals surface area contributed by atoms with Crippen molar-refractivity contribution in [3.8, 4) is 23.0 Å². The van der Waals surface area contributed by atoms with Crippen LogP contribution in [-0.2, 0) is 0 Å². The lowest BCUT2D eigenvalue weighted by molar-refractivity contribution is 0.112.